The largest absolute Gasteiger partial charge is 0.480 e. The summed E-state index contributed by atoms with van der Waals surface area (Å²) in [5.41, 5.74) is 1.37. The zero-order valence-corrected chi connectivity index (χ0v) is 11.8. The van der Waals surface area contributed by atoms with E-state index in [-0.39, 0.29) is 0 Å². The van der Waals surface area contributed by atoms with Gasteiger partial charge >= 0.3 is 12.1 Å². The van der Waals surface area contributed by atoms with Crippen LogP contribution >= 0.6 is 0 Å². The van der Waals surface area contributed by atoms with E-state index in [4.69, 9.17) is 9.84 Å². The Labute approximate surface area is 112 Å². The standard InChI is InChI=1S/C14H19NO4/c1-8-6-9(2)11(10(3)7-8)19-13(18)15-14(4,5)12(16)17/h6-7H,1-5H3,(H,15,18)(H,16,17). The molecule has 0 unspecified atom stereocenters. The third kappa shape index (κ3) is 3.71. The summed E-state index contributed by atoms with van der Waals surface area (Å²) in [7, 11) is 0. The molecule has 0 aromatic heterocycles. The van der Waals surface area contributed by atoms with Gasteiger partial charge in [0.1, 0.15) is 11.3 Å². The number of hydrogen-bond acceptors (Lipinski definition) is 3. The van der Waals surface area contributed by atoms with Crippen LogP contribution in [-0.2, 0) is 4.79 Å². The number of hydrogen-bond donors (Lipinski definition) is 2. The molecule has 5 heteroatoms. The van der Waals surface area contributed by atoms with E-state index >= 15 is 0 Å². The highest BCUT2D eigenvalue weighted by Gasteiger charge is 2.30. The van der Waals surface area contributed by atoms with Crippen LogP contribution in [0, 0.1) is 20.8 Å². The number of carbonyl (C=O) groups is 2. The van der Waals surface area contributed by atoms with Crippen molar-refractivity contribution in [2.24, 2.45) is 0 Å². The number of carboxylic acid groups (broad SMARTS) is 1. The second-order valence-electron chi connectivity index (χ2n) is 5.17. The molecule has 0 radical (unpaired) electrons. The van der Waals surface area contributed by atoms with Gasteiger partial charge in [-0.1, -0.05) is 17.7 Å². The van der Waals surface area contributed by atoms with Gasteiger partial charge in [0.25, 0.3) is 0 Å². The topological polar surface area (TPSA) is 75.6 Å². The van der Waals surface area contributed by atoms with Crippen LogP contribution in [-0.4, -0.2) is 22.7 Å². The number of carboxylic acids is 1. The Bertz CT molecular complexity index is 497. The summed E-state index contributed by atoms with van der Waals surface area (Å²) in [5.74, 6) is -0.661. The highest BCUT2D eigenvalue weighted by Crippen LogP contribution is 2.24. The van der Waals surface area contributed by atoms with Crippen molar-refractivity contribution in [3.05, 3.63) is 28.8 Å². The molecule has 0 aliphatic heterocycles. The van der Waals surface area contributed by atoms with Crippen LogP contribution in [0.15, 0.2) is 12.1 Å². The van der Waals surface area contributed by atoms with E-state index in [1.165, 1.54) is 13.8 Å². The molecular formula is C14H19NO4. The van der Waals surface area contributed by atoms with Gasteiger partial charge in [0.05, 0.1) is 0 Å². The minimum absolute atomic E-state index is 0.462. The predicted octanol–water partition coefficient (Wildman–Crippen LogP) is 2.56. The molecular weight excluding hydrogens is 246 g/mol. The van der Waals surface area contributed by atoms with Gasteiger partial charge in [0.15, 0.2) is 0 Å². The third-order valence-electron chi connectivity index (χ3n) is 2.75. The normalized spacial score (nSPS) is 11.0. The first-order chi connectivity index (χ1) is 8.63. The summed E-state index contributed by atoms with van der Waals surface area (Å²) in [5, 5.41) is 11.2. The van der Waals surface area contributed by atoms with Crippen LogP contribution in [0.1, 0.15) is 30.5 Å². The molecule has 5 nitrogen and oxygen atoms in total. The van der Waals surface area contributed by atoms with Gasteiger partial charge in [-0.25, -0.2) is 9.59 Å². The van der Waals surface area contributed by atoms with Crippen LogP contribution in [0.4, 0.5) is 4.79 Å². The van der Waals surface area contributed by atoms with Crippen molar-refractivity contribution in [2.45, 2.75) is 40.2 Å². The van der Waals surface area contributed by atoms with E-state index in [0.29, 0.717) is 5.75 Å². The fourth-order valence-electron chi connectivity index (χ4n) is 1.75. The Morgan fingerprint density at radius 1 is 1.16 bits per heavy atom. The van der Waals surface area contributed by atoms with Gasteiger partial charge < -0.3 is 15.2 Å². The lowest BCUT2D eigenvalue weighted by Crippen LogP contribution is -2.50. The van der Waals surface area contributed by atoms with Crippen molar-refractivity contribution in [3.63, 3.8) is 0 Å². The molecule has 0 atom stereocenters. The van der Waals surface area contributed by atoms with Crippen molar-refractivity contribution < 1.29 is 19.4 Å². The number of ether oxygens (including phenoxy) is 1. The predicted molar refractivity (Wildman–Crippen MR) is 71.5 cm³/mol. The molecule has 1 aromatic carbocycles. The smallest absolute Gasteiger partial charge is 0.413 e. The van der Waals surface area contributed by atoms with E-state index in [2.05, 4.69) is 5.32 Å². The molecule has 0 aliphatic carbocycles. The molecule has 0 fully saturated rings. The van der Waals surface area contributed by atoms with Crippen LogP contribution in [0.3, 0.4) is 0 Å². The number of aryl methyl sites for hydroxylation is 3. The first-order valence-corrected chi connectivity index (χ1v) is 5.94. The summed E-state index contributed by atoms with van der Waals surface area (Å²) in [6, 6.07) is 3.80. The quantitative estimate of drug-likeness (QED) is 0.880. The summed E-state index contributed by atoms with van der Waals surface area (Å²) in [4.78, 5) is 22.6. The number of carbonyl (C=O) groups excluding carboxylic acids is 1. The SMILES string of the molecule is Cc1cc(C)c(OC(=O)NC(C)(C)C(=O)O)c(C)c1. The average Bonchev–Trinajstić information content (AvgIpc) is 2.22. The molecule has 1 aromatic rings. The lowest BCUT2D eigenvalue weighted by atomic mass is 10.1. The minimum atomic E-state index is -1.37. The Balaban J connectivity index is 2.87. The van der Waals surface area contributed by atoms with Crippen molar-refractivity contribution in [3.8, 4) is 5.75 Å². The molecule has 0 spiro atoms. The Hall–Kier alpha value is -2.04. The van der Waals surface area contributed by atoms with Crippen molar-refractivity contribution in [1.29, 1.82) is 0 Å². The number of amides is 1. The Morgan fingerprint density at radius 3 is 2.05 bits per heavy atom. The van der Waals surface area contributed by atoms with E-state index in [1.807, 2.05) is 32.9 Å². The van der Waals surface area contributed by atoms with Gasteiger partial charge in [0.2, 0.25) is 0 Å². The Morgan fingerprint density at radius 2 is 1.63 bits per heavy atom. The van der Waals surface area contributed by atoms with Gasteiger partial charge in [-0.05, 0) is 45.7 Å². The van der Waals surface area contributed by atoms with Gasteiger partial charge in [-0.15, -0.1) is 0 Å². The van der Waals surface area contributed by atoms with Crippen LogP contribution in [0.5, 0.6) is 5.75 Å². The van der Waals surface area contributed by atoms with Crippen molar-refractivity contribution >= 4 is 12.1 Å². The van der Waals surface area contributed by atoms with E-state index in [9.17, 15) is 9.59 Å². The summed E-state index contributed by atoms with van der Waals surface area (Å²) in [6.07, 6.45) is -0.776. The second kappa shape index (κ2) is 5.30. The van der Waals surface area contributed by atoms with Crippen LogP contribution in [0.25, 0.3) is 0 Å². The molecule has 0 saturated heterocycles. The zero-order valence-electron chi connectivity index (χ0n) is 11.8. The second-order valence-corrected chi connectivity index (χ2v) is 5.17. The lowest BCUT2D eigenvalue weighted by molar-refractivity contribution is -0.143. The molecule has 0 aliphatic rings. The highest BCUT2D eigenvalue weighted by molar-refractivity contribution is 5.84. The number of rotatable bonds is 3. The maximum absolute atomic E-state index is 11.7. The molecule has 0 heterocycles. The number of aliphatic carboxylic acids is 1. The maximum atomic E-state index is 11.7. The van der Waals surface area contributed by atoms with Crippen molar-refractivity contribution in [2.75, 3.05) is 0 Å². The van der Waals surface area contributed by atoms with E-state index in [1.54, 1.807) is 0 Å². The van der Waals surface area contributed by atoms with E-state index < -0.39 is 17.6 Å². The molecule has 0 bridgehead atoms. The van der Waals surface area contributed by atoms with E-state index in [0.717, 1.165) is 16.7 Å². The number of nitrogens with one attached hydrogen (secondary N) is 1. The van der Waals surface area contributed by atoms with Gasteiger partial charge in [-0.2, -0.15) is 0 Å². The third-order valence-corrected chi connectivity index (χ3v) is 2.75. The zero-order chi connectivity index (χ0) is 14.8. The molecule has 1 amide bonds. The minimum Gasteiger partial charge on any atom is -0.480 e. The molecule has 19 heavy (non-hydrogen) atoms. The number of benzene rings is 1. The van der Waals surface area contributed by atoms with Crippen LogP contribution in [0.2, 0.25) is 0 Å². The fraction of sp³-hybridized carbons (Fsp3) is 0.429. The van der Waals surface area contributed by atoms with Gasteiger partial charge in [-0.3, -0.25) is 0 Å². The summed E-state index contributed by atoms with van der Waals surface area (Å²) >= 11 is 0. The summed E-state index contributed by atoms with van der Waals surface area (Å²) < 4.78 is 5.20. The summed E-state index contributed by atoms with van der Waals surface area (Å²) in [6.45, 7) is 8.42. The monoisotopic (exact) mass is 265 g/mol. The average molecular weight is 265 g/mol. The fourth-order valence-corrected chi connectivity index (χ4v) is 1.75. The molecule has 2 N–H and O–H groups in total. The van der Waals surface area contributed by atoms with Crippen molar-refractivity contribution in [1.82, 2.24) is 5.32 Å². The highest BCUT2D eigenvalue weighted by atomic mass is 16.6. The lowest BCUT2D eigenvalue weighted by Gasteiger charge is -2.21. The molecule has 0 saturated carbocycles. The molecule has 104 valence electrons. The van der Waals surface area contributed by atoms with Crippen LogP contribution < -0.4 is 10.1 Å². The first kappa shape index (κ1) is 15.0. The van der Waals surface area contributed by atoms with Gasteiger partial charge in [0, 0.05) is 0 Å². The Kier molecular flexibility index (Phi) is 4.19. The molecule has 1 rings (SSSR count). The maximum Gasteiger partial charge on any atom is 0.413 e. The first-order valence-electron chi connectivity index (χ1n) is 5.94.